The van der Waals surface area contributed by atoms with Gasteiger partial charge in [-0.3, -0.25) is 14.3 Å². The molecule has 1 saturated heterocycles. The van der Waals surface area contributed by atoms with Gasteiger partial charge in [-0.1, -0.05) is 0 Å². The smallest absolute Gasteiger partial charge is 0.326 e. The van der Waals surface area contributed by atoms with Crippen molar-refractivity contribution in [3.8, 4) is 23.0 Å². The molecule has 6 rings (SSSR count). The first-order chi connectivity index (χ1) is 19.4. The van der Waals surface area contributed by atoms with Crippen LogP contribution >= 0.6 is 0 Å². The van der Waals surface area contributed by atoms with Crippen LogP contribution in [0.25, 0.3) is 28.0 Å². The van der Waals surface area contributed by atoms with E-state index in [0.717, 1.165) is 6.07 Å². The molecule has 0 saturated carbocycles. The van der Waals surface area contributed by atoms with Crippen molar-refractivity contribution in [1.82, 2.24) is 29.2 Å². The Kier molecular flexibility index (Phi) is 6.18. The largest absolute Gasteiger partial charge is 0.337 e. The number of nitrogens with one attached hydrogen (secondary N) is 1. The third kappa shape index (κ3) is 4.21. The number of halogens is 3. The fourth-order valence-corrected chi connectivity index (χ4v) is 5.12. The van der Waals surface area contributed by atoms with Crippen LogP contribution in [0.4, 0.5) is 13.2 Å². The maximum Gasteiger partial charge on any atom is 0.326 e. The van der Waals surface area contributed by atoms with Crippen LogP contribution in [0.2, 0.25) is 0 Å². The zero-order chi connectivity index (χ0) is 28.0. The first-order valence-electron chi connectivity index (χ1n) is 12.4. The minimum Gasteiger partial charge on any atom is -0.337 e. The molecule has 3 aromatic heterocycles. The molecule has 5 aromatic rings. The normalized spacial score (nSPS) is 14.0. The summed E-state index contributed by atoms with van der Waals surface area (Å²) in [6, 6.07) is 12.8. The van der Waals surface area contributed by atoms with Gasteiger partial charge in [-0.05, 0) is 55.3 Å². The molecule has 0 radical (unpaired) electrons. The Labute approximate surface area is 224 Å². The Bertz CT molecular complexity index is 1860. The summed E-state index contributed by atoms with van der Waals surface area (Å²) in [4.78, 5) is 34.3. The number of hydrogen-bond donors (Lipinski definition) is 1. The van der Waals surface area contributed by atoms with E-state index in [0.29, 0.717) is 29.8 Å². The molecule has 1 fully saturated rings. The van der Waals surface area contributed by atoms with E-state index in [1.54, 1.807) is 41.6 Å². The molecule has 1 amide bonds. The van der Waals surface area contributed by atoms with Crippen molar-refractivity contribution in [2.75, 3.05) is 13.1 Å². The summed E-state index contributed by atoms with van der Waals surface area (Å²) in [6.45, 7) is 0.500. The standard InChI is InChI=1S/C28H20F3N7O2/c29-20-5-6-22-26(25(20)31)37(28(40)34-22)18-7-10-36(11-8-18)27(39)23-13-24(17-2-1-9-33-15-17)38(35-23)19-4-3-16(14-32)21(30)12-19/h1-6,9,12-13,15,18H,7-8,10-11H2,(H,34,40). The van der Waals surface area contributed by atoms with Gasteiger partial charge in [0.25, 0.3) is 5.91 Å². The van der Waals surface area contributed by atoms with Gasteiger partial charge < -0.3 is 9.88 Å². The Morgan fingerprint density at radius 3 is 2.55 bits per heavy atom. The Hall–Kier alpha value is -5.18. The van der Waals surface area contributed by atoms with Crippen LogP contribution in [0.3, 0.4) is 0 Å². The van der Waals surface area contributed by atoms with Crippen LogP contribution in [0.1, 0.15) is 34.9 Å². The predicted octanol–water partition coefficient (Wildman–Crippen LogP) is 4.34. The van der Waals surface area contributed by atoms with Gasteiger partial charge in [0, 0.05) is 43.2 Å². The van der Waals surface area contributed by atoms with E-state index < -0.39 is 29.2 Å². The van der Waals surface area contributed by atoms with E-state index >= 15 is 0 Å². The fraction of sp³-hybridized carbons (Fsp3) is 0.179. The number of nitrogens with zero attached hydrogens (tertiary/aromatic N) is 6. The minimum absolute atomic E-state index is 0.111. The number of nitriles is 1. The number of carbonyl (C=O) groups is 1. The van der Waals surface area contributed by atoms with E-state index in [1.807, 2.05) is 0 Å². The summed E-state index contributed by atoms with van der Waals surface area (Å²) in [5.41, 5.74) is 0.998. The summed E-state index contributed by atoms with van der Waals surface area (Å²) in [5, 5.41) is 13.5. The van der Waals surface area contributed by atoms with Gasteiger partial charge in [0.05, 0.1) is 22.5 Å². The number of amides is 1. The van der Waals surface area contributed by atoms with Crippen molar-refractivity contribution >= 4 is 16.9 Å². The van der Waals surface area contributed by atoms with Crippen LogP contribution in [0.5, 0.6) is 0 Å². The van der Waals surface area contributed by atoms with Crippen LogP contribution in [0, 0.1) is 28.8 Å². The summed E-state index contributed by atoms with van der Waals surface area (Å²) < 4.78 is 45.5. The Morgan fingerprint density at radius 1 is 1.05 bits per heavy atom. The quantitative estimate of drug-likeness (QED) is 0.362. The lowest BCUT2D eigenvalue weighted by atomic mass is 10.0. The van der Waals surface area contributed by atoms with Crippen LogP contribution in [-0.4, -0.2) is 48.2 Å². The molecule has 0 bridgehead atoms. The fourth-order valence-electron chi connectivity index (χ4n) is 5.12. The molecule has 0 unspecified atom stereocenters. The second kappa shape index (κ2) is 9.85. The van der Waals surface area contributed by atoms with Crippen molar-refractivity contribution in [3.05, 3.63) is 100 Å². The Morgan fingerprint density at radius 2 is 1.85 bits per heavy atom. The molecule has 1 N–H and O–H groups in total. The molecule has 1 aliphatic heterocycles. The zero-order valence-corrected chi connectivity index (χ0v) is 20.8. The van der Waals surface area contributed by atoms with Crippen molar-refractivity contribution in [2.24, 2.45) is 0 Å². The van der Waals surface area contributed by atoms with E-state index in [9.17, 15) is 22.8 Å². The number of pyridine rings is 1. The first kappa shape index (κ1) is 25.1. The lowest BCUT2D eigenvalue weighted by molar-refractivity contribution is 0.0688. The van der Waals surface area contributed by atoms with Gasteiger partial charge in [0.1, 0.15) is 17.4 Å². The van der Waals surface area contributed by atoms with Crippen molar-refractivity contribution in [1.29, 1.82) is 5.26 Å². The van der Waals surface area contributed by atoms with Crippen LogP contribution in [-0.2, 0) is 0 Å². The van der Waals surface area contributed by atoms with Crippen molar-refractivity contribution < 1.29 is 18.0 Å². The number of H-pyrrole nitrogens is 1. The molecule has 9 nitrogen and oxygen atoms in total. The average Bonchev–Trinajstić information content (AvgIpc) is 3.57. The second-order valence-electron chi connectivity index (χ2n) is 9.43. The summed E-state index contributed by atoms with van der Waals surface area (Å²) in [7, 11) is 0. The monoisotopic (exact) mass is 543 g/mol. The van der Waals surface area contributed by atoms with E-state index in [4.69, 9.17) is 5.26 Å². The third-order valence-corrected chi connectivity index (χ3v) is 7.09. The van der Waals surface area contributed by atoms with E-state index in [1.165, 1.54) is 33.5 Å². The number of carbonyl (C=O) groups excluding carboxylic acids is 1. The van der Waals surface area contributed by atoms with Gasteiger partial charge in [0.15, 0.2) is 17.3 Å². The SMILES string of the molecule is N#Cc1ccc(-n2nc(C(=O)N3CCC(n4c(=O)[nH]c5ccc(F)c(F)c54)CC3)cc2-c2cccnc2)cc1F. The highest BCUT2D eigenvalue weighted by Crippen LogP contribution is 2.29. The number of aromatic amines is 1. The molecular formula is C28H20F3N7O2. The molecular weight excluding hydrogens is 523 g/mol. The molecule has 1 aliphatic rings. The number of aromatic nitrogens is 5. The highest BCUT2D eigenvalue weighted by Gasteiger charge is 2.30. The summed E-state index contributed by atoms with van der Waals surface area (Å²) in [6.07, 6.45) is 3.87. The average molecular weight is 544 g/mol. The molecule has 0 aliphatic carbocycles. The van der Waals surface area contributed by atoms with E-state index in [-0.39, 0.29) is 41.3 Å². The lowest BCUT2D eigenvalue weighted by Gasteiger charge is -2.32. The van der Waals surface area contributed by atoms with Gasteiger partial charge >= 0.3 is 5.69 Å². The van der Waals surface area contributed by atoms with Gasteiger partial charge in [0.2, 0.25) is 0 Å². The number of hydrogen-bond acceptors (Lipinski definition) is 5. The van der Waals surface area contributed by atoms with E-state index in [2.05, 4.69) is 15.1 Å². The number of benzene rings is 2. The maximum absolute atomic E-state index is 14.6. The molecule has 4 heterocycles. The van der Waals surface area contributed by atoms with Gasteiger partial charge in [-0.15, -0.1) is 0 Å². The number of fused-ring (bicyclic) bond motifs is 1. The zero-order valence-electron chi connectivity index (χ0n) is 20.8. The molecule has 200 valence electrons. The minimum atomic E-state index is -1.10. The first-order valence-corrected chi connectivity index (χ1v) is 12.4. The van der Waals surface area contributed by atoms with Gasteiger partial charge in [-0.2, -0.15) is 10.4 Å². The number of piperidine rings is 1. The third-order valence-electron chi connectivity index (χ3n) is 7.09. The highest BCUT2D eigenvalue weighted by atomic mass is 19.2. The van der Waals surface area contributed by atoms with Crippen LogP contribution in [0.15, 0.2) is 65.7 Å². The van der Waals surface area contributed by atoms with Crippen LogP contribution < -0.4 is 5.69 Å². The van der Waals surface area contributed by atoms with Crippen molar-refractivity contribution in [2.45, 2.75) is 18.9 Å². The molecule has 40 heavy (non-hydrogen) atoms. The molecule has 12 heteroatoms. The number of imidazole rings is 1. The lowest BCUT2D eigenvalue weighted by Crippen LogP contribution is -2.40. The molecule has 0 atom stereocenters. The van der Waals surface area contributed by atoms with Crippen molar-refractivity contribution in [3.63, 3.8) is 0 Å². The molecule has 0 spiro atoms. The van der Waals surface area contributed by atoms with Gasteiger partial charge in [-0.25, -0.2) is 22.6 Å². The maximum atomic E-state index is 14.6. The number of likely N-dealkylation sites (tertiary alicyclic amines) is 1. The summed E-state index contributed by atoms with van der Waals surface area (Å²) in [5.74, 6) is -3.23. The predicted molar refractivity (Wildman–Crippen MR) is 138 cm³/mol. The Balaban J connectivity index is 1.29. The molecule has 2 aromatic carbocycles. The number of rotatable bonds is 4. The summed E-state index contributed by atoms with van der Waals surface area (Å²) >= 11 is 0. The second-order valence-corrected chi connectivity index (χ2v) is 9.43. The highest BCUT2D eigenvalue weighted by molar-refractivity contribution is 5.93. The topological polar surface area (TPSA) is 113 Å².